The van der Waals surface area contributed by atoms with Crippen LogP contribution in [-0.4, -0.2) is 65.8 Å². The number of hydrogen-bond donors (Lipinski definition) is 1. The van der Waals surface area contributed by atoms with Crippen molar-refractivity contribution in [2.45, 2.75) is 26.7 Å². The minimum absolute atomic E-state index is 0.00605. The number of anilines is 1. The zero-order valence-electron chi connectivity index (χ0n) is 16.3. The Balaban J connectivity index is 1.73. The van der Waals surface area contributed by atoms with Crippen LogP contribution in [0.4, 0.5) is 5.95 Å². The van der Waals surface area contributed by atoms with Gasteiger partial charge in [0.2, 0.25) is 11.9 Å². The van der Waals surface area contributed by atoms with Crippen LogP contribution in [0.1, 0.15) is 25.5 Å². The van der Waals surface area contributed by atoms with Crippen molar-refractivity contribution in [2.24, 2.45) is 5.92 Å². The SMILES string of the molecule is CCN(CCO)C(=O)C1CCN(c2nc(C)c3ccc(OC)cc3n2)CC1. The number of amides is 1. The largest absolute Gasteiger partial charge is 0.497 e. The number of nitrogens with zero attached hydrogens (tertiary/aromatic N) is 4. The van der Waals surface area contributed by atoms with Gasteiger partial charge in [0.15, 0.2) is 0 Å². The second-order valence-electron chi connectivity index (χ2n) is 6.89. The fourth-order valence-corrected chi connectivity index (χ4v) is 3.65. The minimum atomic E-state index is 0.00605. The number of aromatic nitrogens is 2. The average Bonchev–Trinajstić information content (AvgIpc) is 2.71. The molecule has 3 rings (SSSR count). The van der Waals surface area contributed by atoms with E-state index in [4.69, 9.17) is 14.8 Å². The molecule has 0 unspecified atom stereocenters. The zero-order valence-corrected chi connectivity index (χ0v) is 16.3. The monoisotopic (exact) mass is 372 g/mol. The Bertz CT molecular complexity index is 803. The van der Waals surface area contributed by atoms with Gasteiger partial charge in [0.05, 0.1) is 24.9 Å². The number of aliphatic hydroxyl groups excluding tert-OH is 1. The third kappa shape index (κ3) is 4.13. The van der Waals surface area contributed by atoms with Gasteiger partial charge in [-0.1, -0.05) is 0 Å². The molecule has 0 radical (unpaired) electrons. The van der Waals surface area contributed by atoms with E-state index in [-0.39, 0.29) is 18.4 Å². The van der Waals surface area contributed by atoms with Crippen LogP contribution < -0.4 is 9.64 Å². The molecule has 1 aliphatic rings. The summed E-state index contributed by atoms with van der Waals surface area (Å²) in [5, 5.41) is 10.1. The number of benzene rings is 1. The molecule has 0 spiro atoms. The van der Waals surface area contributed by atoms with Gasteiger partial charge < -0.3 is 19.6 Å². The minimum Gasteiger partial charge on any atom is -0.497 e. The lowest BCUT2D eigenvalue weighted by Crippen LogP contribution is -2.43. The third-order valence-electron chi connectivity index (χ3n) is 5.27. The number of fused-ring (bicyclic) bond motifs is 1. The van der Waals surface area contributed by atoms with E-state index < -0.39 is 0 Å². The Morgan fingerprint density at radius 3 is 2.70 bits per heavy atom. The van der Waals surface area contributed by atoms with Crippen LogP contribution in [0.3, 0.4) is 0 Å². The molecule has 0 atom stereocenters. The summed E-state index contributed by atoms with van der Waals surface area (Å²) >= 11 is 0. The number of aryl methyl sites for hydroxylation is 1. The van der Waals surface area contributed by atoms with Crippen LogP contribution in [0.25, 0.3) is 10.9 Å². The average molecular weight is 372 g/mol. The van der Waals surface area contributed by atoms with Gasteiger partial charge in [-0.25, -0.2) is 9.97 Å². The first-order valence-corrected chi connectivity index (χ1v) is 9.54. The lowest BCUT2D eigenvalue weighted by atomic mass is 9.95. The van der Waals surface area contributed by atoms with Crippen LogP contribution in [-0.2, 0) is 4.79 Å². The predicted molar refractivity (Wildman–Crippen MR) is 105 cm³/mol. The number of likely N-dealkylation sites (N-methyl/N-ethyl adjacent to an activating group) is 1. The maximum absolute atomic E-state index is 12.6. The van der Waals surface area contributed by atoms with E-state index in [0.717, 1.165) is 48.3 Å². The molecule has 1 aliphatic heterocycles. The number of piperidine rings is 1. The third-order valence-corrected chi connectivity index (χ3v) is 5.27. The highest BCUT2D eigenvalue weighted by Gasteiger charge is 2.29. The molecule has 1 N–H and O–H groups in total. The van der Waals surface area contributed by atoms with Gasteiger partial charge in [-0.2, -0.15) is 0 Å². The Morgan fingerprint density at radius 1 is 1.33 bits per heavy atom. The topological polar surface area (TPSA) is 78.8 Å². The van der Waals surface area contributed by atoms with Crippen LogP contribution >= 0.6 is 0 Å². The molecule has 7 heteroatoms. The molecule has 1 saturated heterocycles. The van der Waals surface area contributed by atoms with Gasteiger partial charge in [0.1, 0.15) is 5.75 Å². The van der Waals surface area contributed by atoms with Gasteiger partial charge >= 0.3 is 0 Å². The van der Waals surface area contributed by atoms with Crippen LogP contribution in [0.5, 0.6) is 5.75 Å². The molecule has 1 aromatic carbocycles. The summed E-state index contributed by atoms with van der Waals surface area (Å²) < 4.78 is 5.31. The van der Waals surface area contributed by atoms with E-state index in [1.54, 1.807) is 12.0 Å². The number of carbonyl (C=O) groups excluding carboxylic acids is 1. The van der Waals surface area contributed by atoms with Crippen LogP contribution in [0.2, 0.25) is 0 Å². The van der Waals surface area contributed by atoms with Crippen molar-refractivity contribution in [3.05, 3.63) is 23.9 Å². The first kappa shape index (κ1) is 19.4. The first-order valence-electron chi connectivity index (χ1n) is 9.54. The van der Waals surface area contributed by atoms with Gasteiger partial charge in [-0.05, 0) is 38.8 Å². The van der Waals surface area contributed by atoms with E-state index >= 15 is 0 Å². The zero-order chi connectivity index (χ0) is 19.4. The van der Waals surface area contributed by atoms with Crippen molar-refractivity contribution in [3.8, 4) is 5.75 Å². The number of ether oxygens (including phenoxy) is 1. The molecule has 1 amide bonds. The van der Waals surface area contributed by atoms with E-state index in [1.165, 1.54) is 0 Å². The van der Waals surface area contributed by atoms with E-state index in [1.807, 2.05) is 32.0 Å². The highest BCUT2D eigenvalue weighted by Crippen LogP contribution is 2.26. The van der Waals surface area contributed by atoms with Gasteiger partial charge in [-0.15, -0.1) is 0 Å². The Morgan fingerprint density at radius 2 is 2.07 bits per heavy atom. The number of carbonyl (C=O) groups is 1. The molecule has 146 valence electrons. The smallest absolute Gasteiger partial charge is 0.226 e. The lowest BCUT2D eigenvalue weighted by molar-refractivity contribution is -0.136. The van der Waals surface area contributed by atoms with Crippen LogP contribution in [0.15, 0.2) is 18.2 Å². The highest BCUT2D eigenvalue weighted by molar-refractivity contribution is 5.83. The molecule has 0 bridgehead atoms. The number of methoxy groups -OCH3 is 1. The van der Waals surface area contributed by atoms with Gasteiger partial charge in [-0.3, -0.25) is 4.79 Å². The Labute approximate surface area is 160 Å². The highest BCUT2D eigenvalue weighted by atomic mass is 16.5. The second kappa shape index (κ2) is 8.52. The Hall–Kier alpha value is -2.41. The normalized spacial score (nSPS) is 15.2. The summed E-state index contributed by atoms with van der Waals surface area (Å²) in [7, 11) is 1.65. The summed E-state index contributed by atoms with van der Waals surface area (Å²) in [5.74, 6) is 1.64. The molecule has 1 aromatic heterocycles. The van der Waals surface area contributed by atoms with Gasteiger partial charge in [0.25, 0.3) is 0 Å². The van der Waals surface area contributed by atoms with Crippen molar-refractivity contribution in [3.63, 3.8) is 0 Å². The summed E-state index contributed by atoms with van der Waals surface area (Å²) in [4.78, 5) is 25.9. The molecule has 0 aliphatic carbocycles. The Kier molecular flexibility index (Phi) is 6.11. The van der Waals surface area contributed by atoms with Crippen molar-refractivity contribution >= 4 is 22.8 Å². The first-order chi connectivity index (χ1) is 13.1. The number of rotatable bonds is 6. The maximum atomic E-state index is 12.6. The molecule has 1 fully saturated rings. The summed E-state index contributed by atoms with van der Waals surface area (Å²) in [6.45, 7) is 6.49. The molecule has 2 heterocycles. The second-order valence-corrected chi connectivity index (χ2v) is 6.89. The van der Waals surface area contributed by atoms with Crippen molar-refractivity contribution in [1.29, 1.82) is 0 Å². The molecular weight excluding hydrogens is 344 g/mol. The van der Waals surface area contributed by atoms with E-state index in [2.05, 4.69) is 9.88 Å². The fraction of sp³-hybridized carbons (Fsp3) is 0.550. The van der Waals surface area contributed by atoms with Crippen LogP contribution in [0, 0.1) is 12.8 Å². The van der Waals surface area contributed by atoms with Crippen molar-refractivity contribution in [1.82, 2.24) is 14.9 Å². The molecule has 0 saturated carbocycles. The summed E-state index contributed by atoms with van der Waals surface area (Å²) in [5.41, 5.74) is 1.81. The fourth-order valence-electron chi connectivity index (χ4n) is 3.65. The number of hydrogen-bond acceptors (Lipinski definition) is 6. The quantitative estimate of drug-likeness (QED) is 0.836. The molecule has 27 heavy (non-hydrogen) atoms. The van der Waals surface area contributed by atoms with E-state index in [0.29, 0.717) is 19.0 Å². The standard InChI is InChI=1S/C20H28N4O3/c1-4-23(11-12-25)19(26)15-7-9-24(10-8-15)20-21-14(2)17-6-5-16(27-3)13-18(17)22-20/h5-6,13,15,25H,4,7-12H2,1-3H3. The molecule has 2 aromatic rings. The maximum Gasteiger partial charge on any atom is 0.226 e. The summed E-state index contributed by atoms with van der Waals surface area (Å²) in [6, 6.07) is 5.83. The number of aliphatic hydroxyl groups is 1. The van der Waals surface area contributed by atoms with Crippen molar-refractivity contribution in [2.75, 3.05) is 44.8 Å². The predicted octanol–water partition coefficient (Wildman–Crippen LogP) is 2.00. The molecular formula is C20H28N4O3. The van der Waals surface area contributed by atoms with Gasteiger partial charge in [0, 0.05) is 43.5 Å². The summed E-state index contributed by atoms with van der Waals surface area (Å²) in [6.07, 6.45) is 1.55. The lowest BCUT2D eigenvalue weighted by Gasteiger charge is -2.34. The molecule has 7 nitrogen and oxygen atoms in total. The van der Waals surface area contributed by atoms with Crippen molar-refractivity contribution < 1.29 is 14.6 Å². The van der Waals surface area contributed by atoms with E-state index in [9.17, 15) is 4.79 Å².